The van der Waals surface area contributed by atoms with E-state index in [-0.39, 0.29) is 11.8 Å². The molecule has 3 aromatic carbocycles. The Bertz CT molecular complexity index is 1590. The molecule has 0 saturated heterocycles. The van der Waals surface area contributed by atoms with Crippen LogP contribution in [0.3, 0.4) is 0 Å². The van der Waals surface area contributed by atoms with Gasteiger partial charge < -0.3 is 9.64 Å². The number of carbonyl (C=O) groups excluding carboxylic acids is 1. The van der Waals surface area contributed by atoms with Crippen LogP contribution in [0.5, 0.6) is 5.75 Å². The highest BCUT2D eigenvalue weighted by molar-refractivity contribution is 5.98. The van der Waals surface area contributed by atoms with Crippen molar-refractivity contribution in [2.24, 2.45) is 0 Å². The summed E-state index contributed by atoms with van der Waals surface area (Å²) in [7, 11) is 0. The van der Waals surface area contributed by atoms with Crippen molar-refractivity contribution in [1.82, 2.24) is 19.9 Å². The lowest BCUT2D eigenvalue weighted by atomic mass is 9.84. The van der Waals surface area contributed by atoms with Crippen molar-refractivity contribution in [3.8, 4) is 5.75 Å². The Hall–Kier alpha value is -3.67. The number of ether oxygens (including phenoxy) is 1. The number of aromatic nitrogens is 3. The van der Waals surface area contributed by atoms with Crippen LogP contribution < -0.4 is 4.74 Å². The zero-order valence-corrected chi connectivity index (χ0v) is 23.0. The maximum Gasteiger partial charge on any atom is 0.257 e. The molecule has 6 aliphatic heterocycles. The molecule has 0 radical (unpaired) electrons. The predicted octanol–water partition coefficient (Wildman–Crippen LogP) is 6.14. The second-order valence-corrected chi connectivity index (χ2v) is 11.4. The molecule has 0 spiro atoms. The van der Waals surface area contributed by atoms with E-state index in [9.17, 15) is 4.79 Å². The van der Waals surface area contributed by atoms with Gasteiger partial charge in [-0.15, -0.1) is 5.10 Å². The monoisotopic (exact) mass is 520 g/mol. The van der Waals surface area contributed by atoms with Gasteiger partial charge in [-0.3, -0.25) is 4.79 Å². The van der Waals surface area contributed by atoms with Crippen LogP contribution in [-0.4, -0.2) is 39.0 Å². The van der Waals surface area contributed by atoms with Gasteiger partial charge in [0.1, 0.15) is 11.3 Å². The highest BCUT2D eigenvalue weighted by atomic mass is 16.5. The van der Waals surface area contributed by atoms with E-state index < -0.39 is 0 Å². The SMILES string of the molecule is CCC1c2ccc3c(c2)CN(CC3)C(=O)c2ccc(c3c2OCC3)CCCCCn2nnc3c(C)c1ccc32. The highest BCUT2D eigenvalue weighted by Crippen LogP contribution is 2.37. The molecule has 1 aromatic heterocycles. The van der Waals surface area contributed by atoms with E-state index >= 15 is 0 Å². The zero-order valence-electron chi connectivity index (χ0n) is 23.0. The first-order valence-corrected chi connectivity index (χ1v) is 14.6. The van der Waals surface area contributed by atoms with Crippen LogP contribution >= 0.6 is 0 Å². The van der Waals surface area contributed by atoms with Crippen LogP contribution in [-0.2, 0) is 32.4 Å². The van der Waals surface area contributed by atoms with Gasteiger partial charge in [0.25, 0.3) is 5.91 Å². The molecule has 1 atom stereocenters. The fraction of sp³-hybridized carbons (Fsp3) is 0.424. The summed E-state index contributed by atoms with van der Waals surface area (Å²) in [5, 5.41) is 9.18. The first-order valence-electron chi connectivity index (χ1n) is 14.6. The molecule has 1 unspecified atom stereocenters. The van der Waals surface area contributed by atoms with Gasteiger partial charge in [0.2, 0.25) is 0 Å². The topological polar surface area (TPSA) is 60.2 Å². The summed E-state index contributed by atoms with van der Waals surface area (Å²) in [6, 6.07) is 15.6. The maximum absolute atomic E-state index is 13.8. The molecule has 0 aliphatic carbocycles. The van der Waals surface area contributed by atoms with E-state index in [1.807, 2.05) is 11.0 Å². The average Bonchev–Trinajstić information content (AvgIpc) is 3.61. The molecule has 7 heterocycles. The summed E-state index contributed by atoms with van der Waals surface area (Å²) in [5.41, 5.74) is 11.9. The number of amides is 1. The molecule has 39 heavy (non-hydrogen) atoms. The molecule has 200 valence electrons. The Balaban J connectivity index is 1.32. The summed E-state index contributed by atoms with van der Waals surface area (Å²) >= 11 is 0. The molecule has 0 fully saturated rings. The maximum atomic E-state index is 13.8. The number of carbonyl (C=O) groups is 1. The van der Waals surface area contributed by atoms with Crippen molar-refractivity contribution in [3.63, 3.8) is 0 Å². The third kappa shape index (κ3) is 4.12. The standard InChI is InChI=1S/C33H36N4O2/c1-3-26-24-9-8-22-14-17-36(20-25(22)19-24)33(38)29-11-10-23(28-15-18-39-32(28)29)7-5-4-6-16-37-30-13-12-27(26)21(2)31(30)34-35-37/h8-13,19,26H,3-7,14-18,20H2,1-2H3. The van der Waals surface area contributed by atoms with Gasteiger partial charge >= 0.3 is 0 Å². The number of nitrogens with zero attached hydrogens (tertiary/aromatic N) is 4. The molecule has 6 nitrogen and oxygen atoms in total. The van der Waals surface area contributed by atoms with Crippen LogP contribution in [0.2, 0.25) is 0 Å². The van der Waals surface area contributed by atoms with E-state index in [1.165, 1.54) is 38.9 Å². The molecule has 4 aromatic rings. The van der Waals surface area contributed by atoms with E-state index in [0.717, 1.165) is 80.4 Å². The van der Waals surface area contributed by atoms with Gasteiger partial charge in [-0.05, 0) is 84.5 Å². The van der Waals surface area contributed by atoms with E-state index in [1.54, 1.807) is 0 Å². The van der Waals surface area contributed by atoms with Crippen LogP contribution in [0.15, 0.2) is 42.5 Å². The Labute approximate surface area is 230 Å². The minimum absolute atomic E-state index is 0.0948. The molecule has 1 amide bonds. The number of rotatable bonds is 1. The third-order valence-electron chi connectivity index (χ3n) is 9.20. The fourth-order valence-corrected chi connectivity index (χ4v) is 7.02. The molecule has 6 heteroatoms. The lowest BCUT2D eigenvalue weighted by molar-refractivity contribution is 0.0731. The van der Waals surface area contributed by atoms with Gasteiger partial charge in [-0.25, -0.2) is 4.68 Å². The van der Waals surface area contributed by atoms with Crippen molar-refractivity contribution in [1.29, 1.82) is 0 Å². The molecule has 6 aliphatic rings. The lowest BCUT2D eigenvalue weighted by Crippen LogP contribution is -2.36. The fourth-order valence-electron chi connectivity index (χ4n) is 7.02. The normalized spacial score (nSPS) is 19.1. The molecular formula is C33H36N4O2. The summed E-state index contributed by atoms with van der Waals surface area (Å²) < 4.78 is 8.16. The van der Waals surface area contributed by atoms with E-state index in [0.29, 0.717) is 13.2 Å². The molecule has 0 N–H and O–H groups in total. The molecule has 9 bridgehead atoms. The van der Waals surface area contributed by atoms with Gasteiger partial charge in [0.15, 0.2) is 0 Å². The molecule has 10 rings (SSSR count). The van der Waals surface area contributed by atoms with Crippen molar-refractivity contribution < 1.29 is 9.53 Å². The molecule has 0 saturated carbocycles. The van der Waals surface area contributed by atoms with Gasteiger partial charge in [0.05, 0.1) is 17.7 Å². The minimum Gasteiger partial charge on any atom is -0.492 e. The number of hydrogen-bond acceptors (Lipinski definition) is 4. The molecular weight excluding hydrogens is 484 g/mol. The summed E-state index contributed by atoms with van der Waals surface area (Å²) in [6.07, 6.45) is 7.08. The average molecular weight is 521 g/mol. The van der Waals surface area contributed by atoms with Crippen LogP contribution in [0, 0.1) is 6.92 Å². The Morgan fingerprint density at radius 2 is 1.85 bits per heavy atom. The van der Waals surface area contributed by atoms with Crippen LogP contribution in [0.4, 0.5) is 0 Å². The Morgan fingerprint density at radius 1 is 0.949 bits per heavy atom. The minimum atomic E-state index is 0.0948. The van der Waals surface area contributed by atoms with Crippen LogP contribution in [0.25, 0.3) is 11.0 Å². The second-order valence-electron chi connectivity index (χ2n) is 11.4. The lowest BCUT2D eigenvalue weighted by Gasteiger charge is -2.30. The van der Waals surface area contributed by atoms with Gasteiger partial charge in [-0.1, -0.05) is 48.9 Å². The second kappa shape index (κ2) is 9.82. The summed E-state index contributed by atoms with van der Waals surface area (Å²) in [6.45, 7) is 7.37. The number of hydrogen-bond donors (Lipinski definition) is 0. The van der Waals surface area contributed by atoms with Crippen LogP contribution in [0.1, 0.15) is 87.8 Å². The van der Waals surface area contributed by atoms with Gasteiger partial charge in [0, 0.05) is 37.5 Å². The van der Waals surface area contributed by atoms with Crippen molar-refractivity contribution in [3.05, 3.63) is 87.0 Å². The zero-order chi connectivity index (χ0) is 26.5. The Morgan fingerprint density at radius 3 is 2.74 bits per heavy atom. The number of benzene rings is 3. The van der Waals surface area contributed by atoms with Gasteiger partial charge in [-0.2, -0.15) is 0 Å². The summed E-state index contributed by atoms with van der Waals surface area (Å²) in [5.74, 6) is 1.20. The third-order valence-corrected chi connectivity index (χ3v) is 9.20. The smallest absolute Gasteiger partial charge is 0.257 e. The first-order chi connectivity index (χ1) is 19.1. The Kier molecular flexibility index (Phi) is 6.14. The largest absolute Gasteiger partial charge is 0.492 e. The van der Waals surface area contributed by atoms with E-state index in [4.69, 9.17) is 4.74 Å². The quantitative estimate of drug-likeness (QED) is 0.302. The number of aryl methyl sites for hydroxylation is 3. The van der Waals surface area contributed by atoms with E-state index in [2.05, 4.69) is 65.2 Å². The summed E-state index contributed by atoms with van der Waals surface area (Å²) in [4.78, 5) is 15.8. The predicted molar refractivity (Wildman–Crippen MR) is 152 cm³/mol. The van der Waals surface area contributed by atoms with Crippen molar-refractivity contribution >= 4 is 16.9 Å². The van der Waals surface area contributed by atoms with Crippen molar-refractivity contribution in [2.45, 2.75) is 77.8 Å². The highest BCUT2D eigenvalue weighted by Gasteiger charge is 2.29. The first kappa shape index (κ1) is 24.4. The van der Waals surface area contributed by atoms with Crippen molar-refractivity contribution in [2.75, 3.05) is 13.2 Å².